The Morgan fingerprint density at radius 2 is 2.39 bits per heavy atom. The maximum Gasteiger partial charge on any atom is 0.232 e. The molecule has 5 nitrogen and oxygen atoms in total. The van der Waals surface area contributed by atoms with Gasteiger partial charge in [0.25, 0.3) is 0 Å². The van der Waals surface area contributed by atoms with Gasteiger partial charge in [-0.05, 0) is 37.1 Å². The van der Waals surface area contributed by atoms with Crippen LogP contribution in [0.25, 0.3) is 0 Å². The zero-order valence-electron chi connectivity index (χ0n) is 13.6. The zero-order valence-corrected chi connectivity index (χ0v) is 14.4. The van der Waals surface area contributed by atoms with Gasteiger partial charge in [0.1, 0.15) is 5.60 Å². The highest BCUT2D eigenvalue weighted by Crippen LogP contribution is 2.41. The molecule has 1 aromatic heterocycles. The van der Waals surface area contributed by atoms with Crippen molar-refractivity contribution in [1.82, 2.24) is 9.88 Å². The zero-order chi connectivity index (χ0) is 16.1. The van der Waals surface area contributed by atoms with E-state index in [1.54, 1.807) is 18.0 Å². The van der Waals surface area contributed by atoms with Crippen molar-refractivity contribution >= 4 is 17.7 Å². The molecule has 0 unspecified atom stereocenters. The van der Waals surface area contributed by atoms with Gasteiger partial charge in [-0.25, -0.2) is 0 Å². The predicted octanol–water partition coefficient (Wildman–Crippen LogP) is 1.97. The summed E-state index contributed by atoms with van der Waals surface area (Å²) in [6, 6.07) is 5.85. The van der Waals surface area contributed by atoms with Crippen LogP contribution >= 0.6 is 11.8 Å². The minimum atomic E-state index is -0.109. The number of carbonyl (C=O) groups is 1. The van der Waals surface area contributed by atoms with Gasteiger partial charge in [-0.1, -0.05) is 6.07 Å². The van der Waals surface area contributed by atoms with Gasteiger partial charge in [0.05, 0.1) is 31.1 Å². The Labute approximate surface area is 141 Å². The standard InChI is InChI=1S/C17H24N2O3S/c1-23-11-16(20)19-12-17(13-19)14(6-9-22-17)5-8-21-10-15-4-2-3-7-18-15/h2-4,7,14H,5-6,8-13H2,1H3/t14-/m0/s1. The van der Waals surface area contributed by atoms with E-state index in [4.69, 9.17) is 9.47 Å². The summed E-state index contributed by atoms with van der Waals surface area (Å²) in [4.78, 5) is 18.1. The van der Waals surface area contributed by atoms with Crippen LogP contribution in [0.15, 0.2) is 24.4 Å². The van der Waals surface area contributed by atoms with Crippen LogP contribution in [-0.4, -0.2) is 59.7 Å². The molecule has 0 saturated carbocycles. The number of thioether (sulfide) groups is 1. The van der Waals surface area contributed by atoms with Crippen molar-refractivity contribution in [3.8, 4) is 0 Å². The fraction of sp³-hybridized carbons (Fsp3) is 0.647. The smallest absolute Gasteiger partial charge is 0.232 e. The molecule has 0 bridgehead atoms. The first-order valence-electron chi connectivity index (χ1n) is 8.12. The van der Waals surface area contributed by atoms with Crippen molar-refractivity contribution in [3.05, 3.63) is 30.1 Å². The minimum Gasteiger partial charge on any atom is -0.375 e. The Kier molecular flexibility index (Phi) is 5.56. The number of pyridine rings is 1. The molecule has 23 heavy (non-hydrogen) atoms. The first-order chi connectivity index (χ1) is 11.2. The summed E-state index contributed by atoms with van der Waals surface area (Å²) in [7, 11) is 0. The Morgan fingerprint density at radius 1 is 1.52 bits per heavy atom. The summed E-state index contributed by atoms with van der Waals surface area (Å²) in [5, 5.41) is 0. The topological polar surface area (TPSA) is 51.7 Å². The van der Waals surface area contributed by atoms with Crippen molar-refractivity contribution in [2.75, 3.05) is 38.3 Å². The third-order valence-electron chi connectivity index (χ3n) is 4.72. The number of hydrogen-bond donors (Lipinski definition) is 0. The highest BCUT2D eigenvalue weighted by atomic mass is 32.2. The van der Waals surface area contributed by atoms with Gasteiger partial charge in [-0.2, -0.15) is 11.8 Å². The van der Waals surface area contributed by atoms with E-state index < -0.39 is 0 Å². The molecule has 3 heterocycles. The molecule has 3 rings (SSSR count). The van der Waals surface area contributed by atoms with E-state index in [0.717, 1.165) is 38.2 Å². The van der Waals surface area contributed by atoms with E-state index in [1.165, 1.54) is 0 Å². The van der Waals surface area contributed by atoms with Crippen LogP contribution in [0.1, 0.15) is 18.5 Å². The minimum absolute atomic E-state index is 0.109. The van der Waals surface area contributed by atoms with Crippen molar-refractivity contribution in [3.63, 3.8) is 0 Å². The number of ether oxygens (including phenoxy) is 2. The van der Waals surface area contributed by atoms with E-state index in [1.807, 2.05) is 29.4 Å². The second-order valence-electron chi connectivity index (χ2n) is 6.24. The van der Waals surface area contributed by atoms with Crippen LogP contribution in [0.5, 0.6) is 0 Å². The Morgan fingerprint density at radius 3 is 3.13 bits per heavy atom. The fourth-order valence-electron chi connectivity index (χ4n) is 3.42. The molecule has 0 aromatic carbocycles. The third kappa shape index (κ3) is 3.87. The average Bonchev–Trinajstić information content (AvgIpc) is 2.95. The highest BCUT2D eigenvalue weighted by Gasteiger charge is 2.53. The molecule has 2 aliphatic rings. The normalized spacial score (nSPS) is 22.3. The average molecular weight is 336 g/mol. The molecule has 1 aromatic rings. The van der Waals surface area contributed by atoms with E-state index in [0.29, 0.717) is 24.9 Å². The quantitative estimate of drug-likeness (QED) is 0.713. The lowest BCUT2D eigenvalue weighted by Crippen LogP contribution is -2.66. The van der Waals surface area contributed by atoms with Gasteiger partial charge in [0, 0.05) is 19.4 Å². The molecule has 1 atom stereocenters. The van der Waals surface area contributed by atoms with E-state index in [-0.39, 0.29) is 11.5 Å². The monoisotopic (exact) mass is 336 g/mol. The number of carbonyl (C=O) groups excluding carboxylic acids is 1. The van der Waals surface area contributed by atoms with Crippen molar-refractivity contribution < 1.29 is 14.3 Å². The van der Waals surface area contributed by atoms with E-state index in [9.17, 15) is 4.79 Å². The highest BCUT2D eigenvalue weighted by molar-refractivity contribution is 7.99. The molecular formula is C17H24N2O3S. The third-order valence-corrected chi connectivity index (χ3v) is 5.26. The van der Waals surface area contributed by atoms with Gasteiger partial charge < -0.3 is 14.4 Å². The van der Waals surface area contributed by atoms with Crippen LogP contribution < -0.4 is 0 Å². The number of likely N-dealkylation sites (tertiary alicyclic amines) is 1. The lowest BCUT2D eigenvalue weighted by molar-refractivity contribution is -0.163. The van der Waals surface area contributed by atoms with Gasteiger partial charge in [-0.15, -0.1) is 0 Å². The summed E-state index contributed by atoms with van der Waals surface area (Å²) in [6.07, 6.45) is 5.79. The van der Waals surface area contributed by atoms with Gasteiger partial charge in [0.15, 0.2) is 0 Å². The van der Waals surface area contributed by atoms with Crippen molar-refractivity contribution in [2.45, 2.75) is 25.0 Å². The molecule has 1 spiro atoms. The van der Waals surface area contributed by atoms with Gasteiger partial charge >= 0.3 is 0 Å². The van der Waals surface area contributed by atoms with E-state index in [2.05, 4.69) is 4.98 Å². The van der Waals surface area contributed by atoms with Crippen molar-refractivity contribution in [2.24, 2.45) is 5.92 Å². The summed E-state index contributed by atoms with van der Waals surface area (Å²) in [5.74, 6) is 1.28. The van der Waals surface area contributed by atoms with Crippen LogP contribution in [0, 0.1) is 5.92 Å². The number of rotatable bonds is 7. The number of amides is 1. The largest absolute Gasteiger partial charge is 0.375 e. The van der Waals surface area contributed by atoms with Gasteiger partial charge in [0.2, 0.25) is 5.91 Å². The lowest BCUT2D eigenvalue weighted by atomic mass is 9.79. The molecule has 2 saturated heterocycles. The molecule has 0 N–H and O–H groups in total. The molecular weight excluding hydrogens is 312 g/mol. The second kappa shape index (κ2) is 7.64. The lowest BCUT2D eigenvalue weighted by Gasteiger charge is -2.50. The molecule has 2 aliphatic heterocycles. The maximum atomic E-state index is 11.9. The van der Waals surface area contributed by atoms with Crippen molar-refractivity contribution in [1.29, 1.82) is 0 Å². The summed E-state index contributed by atoms with van der Waals surface area (Å²) < 4.78 is 11.7. The molecule has 0 radical (unpaired) electrons. The molecule has 6 heteroatoms. The summed E-state index contributed by atoms with van der Waals surface area (Å²) in [5.41, 5.74) is 0.852. The first-order valence-corrected chi connectivity index (χ1v) is 9.51. The SMILES string of the molecule is CSCC(=O)N1CC2(C1)OCC[C@@H]2CCOCc1ccccn1. The Bertz CT molecular complexity index is 520. The van der Waals surface area contributed by atoms with Gasteiger partial charge in [-0.3, -0.25) is 9.78 Å². The maximum absolute atomic E-state index is 11.9. The second-order valence-corrected chi connectivity index (χ2v) is 7.11. The fourth-order valence-corrected chi connectivity index (χ4v) is 3.85. The van der Waals surface area contributed by atoms with Crippen LogP contribution in [0.4, 0.5) is 0 Å². The number of nitrogens with zero attached hydrogens (tertiary/aromatic N) is 2. The Hall–Kier alpha value is -1.11. The summed E-state index contributed by atoms with van der Waals surface area (Å²) >= 11 is 1.58. The molecule has 0 aliphatic carbocycles. The molecule has 126 valence electrons. The number of hydrogen-bond acceptors (Lipinski definition) is 5. The predicted molar refractivity (Wildman–Crippen MR) is 90.3 cm³/mol. The molecule has 1 amide bonds. The first kappa shape index (κ1) is 16.7. The van der Waals surface area contributed by atoms with Crippen LogP contribution in [-0.2, 0) is 20.9 Å². The molecule has 2 fully saturated rings. The number of aromatic nitrogens is 1. The van der Waals surface area contributed by atoms with Crippen LogP contribution in [0.2, 0.25) is 0 Å². The van der Waals surface area contributed by atoms with E-state index >= 15 is 0 Å². The summed E-state index contributed by atoms with van der Waals surface area (Å²) in [6.45, 7) is 3.56. The Balaban J connectivity index is 1.41. The van der Waals surface area contributed by atoms with Crippen LogP contribution in [0.3, 0.4) is 0 Å².